The Morgan fingerprint density at radius 1 is 1.15 bits per heavy atom. The molecule has 1 aliphatic carbocycles. The first-order chi connectivity index (χ1) is 15.8. The number of rotatable bonds is 6. The normalized spacial score (nSPS) is 23.2. The fraction of sp³-hybridized carbons (Fsp3) is 0.680. The molecule has 0 bridgehead atoms. The topological polar surface area (TPSA) is 59.1 Å². The van der Waals surface area contributed by atoms with Gasteiger partial charge in [-0.15, -0.1) is 0 Å². The molecule has 9 heteroatoms. The summed E-state index contributed by atoms with van der Waals surface area (Å²) in [5, 5.41) is 0. The molecule has 1 unspecified atom stereocenters. The van der Waals surface area contributed by atoms with Crippen molar-refractivity contribution in [2.45, 2.75) is 76.7 Å². The minimum absolute atomic E-state index is 0.128. The van der Waals surface area contributed by atoms with Gasteiger partial charge in [-0.05, 0) is 52.5 Å². The number of carbonyl (C=O) groups is 2. The zero-order chi connectivity index (χ0) is 25.3. The smallest absolute Gasteiger partial charge is 0.444 e. The van der Waals surface area contributed by atoms with E-state index in [4.69, 9.17) is 9.47 Å². The third-order valence-corrected chi connectivity index (χ3v) is 6.96. The van der Waals surface area contributed by atoms with Gasteiger partial charge in [0.25, 0.3) is 0 Å². The van der Waals surface area contributed by atoms with E-state index in [-0.39, 0.29) is 12.5 Å². The molecular formula is C25H35F3N2O4. The van der Waals surface area contributed by atoms with Crippen molar-refractivity contribution in [3.63, 3.8) is 0 Å². The van der Waals surface area contributed by atoms with Crippen molar-refractivity contribution in [1.82, 2.24) is 9.80 Å². The van der Waals surface area contributed by atoms with E-state index in [0.29, 0.717) is 32.4 Å². The van der Waals surface area contributed by atoms with Crippen LogP contribution in [0.2, 0.25) is 0 Å². The lowest BCUT2D eigenvalue weighted by molar-refractivity contribution is -0.192. The van der Waals surface area contributed by atoms with Gasteiger partial charge in [-0.3, -0.25) is 4.79 Å². The van der Waals surface area contributed by atoms with Crippen molar-refractivity contribution in [1.29, 1.82) is 0 Å². The van der Waals surface area contributed by atoms with E-state index >= 15 is 0 Å². The first-order valence-electron chi connectivity index (χ1n) is 11.7. The van der Waals surface area contributed by atoms with Crippen molar-refractivity contribution in [3.05, 3.63) is 35.9 Å². The molecule has 1 aliphatic heterocycles. The van der Waals surface area contributed by atoms with Crippen LogP contribution in [0.25, 0.3) is 0 Å². The molecule has 2 fully saturated rings. The van der Waals surface area contributed by atoms with Crippen molar-refractivity contribution in [3.8, 4) is 0 Å². The predicted octanol–water partition coefficient (Wildman–Crippen LogP) is 4.99. The number of amides is 2. The van der Waals surface area contributed by atoms with Crippen LogP contribution in [0.5, 0.6) is 0 Å². The van der Waals surface area contributed by atoms with Crippen LogP contribution >= 0.6 is 0 Å². The third kappa shape index (κ3) is 5.85. The molecule has 0 N–H and O–H groups in total. The second-order valence-electron chi connectivity index (χ2n) is 10.5. The average molecular weight is 485 g/mol. The van der Waals surface area contributed by atoms with Gasteiger partial charge in [0.1, 0.15) is 5.60 Å². The highest BCUT2D eigenvalue weighted by atomic mass is 19.4. The van der Waals surface area contributed by atoms with Crippen LogP contribution in [0.4, 0.5) is 18.0 Å². The molecular weight excluding hydrogens is 449 g/mol. The van der Waals surface area contributed by atoms with Crippen molar-refractivity contribution in [2.24, 2.45) is 5.41 Å². The Labute approximate surface area is 199 Å². The number of piperidine rings is 1. The molecule has 3 atom stereocenters. The van der Waals surface area contributed by atoms with Crippen LogP contribution in [0.1, 0.15) is 58.4 Å². The molecule has 6 nitrogen and oxygen atoms in total. The number of carbonyl (C=O) groups excluding carboxylic acids is 2. The number of hydrogen-bond donors (Lipinski definition) is 0. The summed E-state index contributed by atoms with van der Waals surface area (Å²) in [6.45, 7) is 7.88. The Hall–Kier alpha value is -2.29. The molecule has 1 heterocycles. The van der Waals surface area contributed by atoms with Crippen molar-refractivity contribution >= 4 is 12.0 Å². The van der Waals surface area contributed by atoms with Crippen LogP contribution < -0.4 is 0 Å². The molecule has 34 heavy (non-hydrogen) atoms. The lowest BCUT2D eigenvalue weighted by atomic mass is 9.72. The number of methoxy groups -OCH3 is 1. The fourth-order valence-corrected chi connectivity index (χ4v) is 5.03. The van der Waals surface area contributed by atoms with E-state index in [1.807, 2.05) is 30.3 Å². The van der Waals surface area contributed by atoms with Crippen molar-refractivity contribution < 1.29 is 32.2 Å². The van der Waals surface area contributed by atoms with Gasteiger partial charge in [0, 0.05) is 43.6 Å². The number of hydrogen-bond acceptors (Lipinski definition) is 4. The summed E-state index contributed by atoms with van der Waals surface area (Å²) in [5.74, 6) is -1.94. The van der Waals surface area contributed by atoms with E-state index in [1.165, 1.54) is 7.11 Å². The molecule has 0 aromatic heterocycles. The van der Waals surface area contributed by atoms with Crippen LogP contribution in [-0.2, 0) is 14.3 Å². The molecule has 1 aromatic carbocycles. The number of nitrogens with zero attached hydrogens (tertiary/aromatic N) is 2. The van der Waals surface area contributed by atoms with E-state index in [2.05, 4.69) is 0 Å². The predicted molar refractivity (Wildman–Crippen MR) is 121 cm³/mol. The van der Waals surface area contributed by atoms with Crippen LogP contribution in [-0.4, -0.2) is 72.5 Å². The number of likely N-dealkylation sites (tertiary alicyclic amines) is 1. The van der Waals surface area contributed by atoms with Gasteiger partial charge in [-0.2, -0.15) is 13.2 Å². The summed E-state index contributed by atoms with van der Waals surface area (Å²) in [4.78, 5) is 27.8. The third-order valence-electron chi connectivity index (χ3n) is 6.96. The largest absolute Gasteiger partial charge is 0.471 e. The van der Waals surface area contributed by atoms with E-state index < -0.39 is 41.3 Å². The second kappa shape index (κ2) is 9.76. The van der Waals surface area contributed by atoms with E-state index in [1.54, 1.807) is 32.6 Å². The number of ether oxygens (including phenoxy) is 2. The van der Waals surface area contributed by atoms with Gasteiger partial charge >= 0.3 is 18.2 Å². The Bertz CT molecular complexity index is 861. The van der Waals surface area contributed by atoms with Gasteiger partial charge in [-0.25, -0.2) is 4.79 Å². The minimum Gasteiger partial charge on any atom is -0.444 e. The maximum atomic E-state index is 13.7. The summed E-state index contributed by atoms with van der Waals surface area (Å²) in [7, 11) is 1.51. The maximum Gasteiger partial charge on any atom is 0.471 e. The highest BCUT2D eigenvalue weighted by Crippen LogP contribution is 2.50. The van der Waals surface area contributed by atoms with Gasteiger partial charge < -0.3 is 19.3 Å². The van der Waals surface area contributed by atoms with E-state index in [9.17, 15) is 22.8 Å². The summed E-state index contributed by atoms with van der Waals surface area (Å²) in [5.41, 5.74) is -0.419. The summed E-state index contributed by atoms with van der Waals surface area (Å²) in [6, 6.07) is 8.08. The van der Waals surface area contributed by atoms with Crippen molar-refractivity contribution in [2.75, 3.05) is 26.8 Å². The zero-order valence-electron chi connectivity index (χ0n) is 20.5. The number of alkyl halides is 3. The number of benzene rings is 1. The molecule has 1 saturated carbocycles. The summed E-state index contributed by atoms with van der Waals surface area (Å²) >= 11 is 0. The average Bonchev–Trinajstić information content (AvgIpc) is 3.53. The molecule has 1 saturated heterocycles. The monoisotopic (exact) mass is 484 g/mol. The molecule has 2 aliphatic rings. The molecule has 0 radical (unpaired) electrons. The Kier molecular flexibility index (Phi) is 7.55. The Morgan fingerprint density at radius 3 is 2.24 bits per heavy atom. The lowest BCUT2D eigenvalue weighted by Crippen LogP contribution is -2.59. The Balaban J connectivity index is 1.82. The maximum absolute atomic E-state index is 13.7. The number of halogens is 3. The zero-order valence-corrected chi connectivity index (χ0v) is 20.5. The van der Waals surface area contributed by atoms with Crippen LogP contribution in [0.3, 0.4) is 0 Å². The highest BCUT2D eigenvalue weighted by Gasteiger charge is 2.57. The van der Waals surface area contributed by atoms with E-state index in [0.717, 1.165) is 10.5 Å². The van der Waals surface area contributed by atoms with Crippen LogP contribution in [0, 0.1) is 5.41 Å². The highest BCUT2D eigenvalue weighted by molar-refractivity contribution is 5.83. The summed E-state index contributed by atoms with van der Waals surface area (Å²) in [6.07, 6.45) is -4.11. The quantitative estimate of drug-likeness (QED) is 0.571. The fourth-order valence-electron chi connectivity index (χ4n) is 5.03. The molecule has 190 valence electrons. The molecule has 1 aromatic rings. The van der Waals surface area contributed by atoms with Gasteiger partial charge in [-0.1, -0.05) is 30.3 Å². The lowest BCUT2D eigenvalue weighted by Gasteiger charge is -2.49. The second-order valence-corrected chi connectivity index (χ2v) is 10.5. The molecule has 0 spiro atoms. The van der Waals surface area contributed by atoms with Gasteiger partial charge in [0.05, 0.1) is 6.61 Å². The SMILES string of the molecule is COCC1(C(C)N(C(=O)C(F)(F)F)[C@@H]2C[C@H]2c2ccccc2)CCN(C(=O)OC(C)(C)C)CC1. The standard InChI is InChI=1S/C25H35F3N2O4/c1-17(24(16-33-5)11-13-29(14-12-24)22(32)34-23(2,3)4)30(21(31)25(26,27)28)20-15-19(20)18-9-7-6-8-10-18/h6-10,17,19-20H,11-16H2,1-5H3/t17?,19-,20+/m0/s1. The first-order valence-corrected chi connectivity index (χ1v) is 11.7. The molecule has 2 amide bonds. The first kappa shape index (κ1) is 26.3. The van der Waals surface area contributed by atoms with Gasteiger partial charge in [0.2, 0.25) is 0 Å². The summed E-state index contributed by atoms with van der Waals surface area (Å²) < 4.78 is 52.0. The molecule has 3 rings (SSSR count). The minimum atomic E-state index is -4.97. The van der Waals surface area contributed by atoms with Gasteiger partial charge in [0.15, 0.2) is 0 Å². The Morgan fingerprint density at radius 2 is 1.74 bits per heavy atom. The van der Waals surface area contributed by atoms with Crippen LogP contribution in [0.15, 0.2) is 30.3 Å².